The zero-order chi connectivity index (χ0) is 14.9. The molecule has 0 saturated heterocycles. The van der Waals surface area contributed by atoms with Crippen LogP contribution in [0.2, 0.25) is 0 Å². The van der Waals surface area contributed by atoms with E-state index in [0.29, 0.717) is 5.56 Å². The van der Waals surface area contributed by atoms with Gasteiger partial charge in [0.2, 0.25) is 0 Å². The average Bonchev–Trinajstić information content (AvgIpc) is 2.69. The van der Waals surface area contributed by atoms with Gasteiger partial charge in [0.25, 0.3) is 5.91 Å². The van der Waals surface area contributed by atoms with E-state index in [2.05, 4.69) is 5.32 Å². The van der Waals surface area contributed by atoms with E-state index in [0.717, 1.165) is 23.5 Å². The number of amides is 1. The highest BCUT2D eigenvalue weighted by molar-refractivity contribution is 7.18. The van der Waals surface area contributed by atoms with Crippen LogP contribution in [-0.2, 0) is 0 Å². The Morgan fingerprint density at radius 2 is 2.10 bits per heavy atom. The summed E-state index contributed by atoms with van der Waals surface area (Å²) in [5, 5.41) is 11.6. The highest BCUT2D eigenvalue weighted by Gasteiger charge is 2.19. The lowest BCUT2D eigenvalue weighted by Crippen LogP contribution is -2.11. The summed E-state index contributed by atoms with van der Waals surface area (Å²) in [5.41, 5.74) is 6.48. The van der Waals surface area contributed by atoms with E-state index in [1.807, 2.05) is 6.07 Å². The summed E-state index contributed by atoms with van der Waals surface area (Å²) >= 11 is 0.976. The van der Waals surface area contributed by atoms with Crippen molar-refractivity contribution in [1.82, 2.24) is 0 Å². The van der Waals surface area contributed by atoms with E-state index in [9.17, 15) is 13.6 Å². The molecule has 7 heteroatoms. The van der Waals surface area contributed by atoms with Crippen molar-refractivity contribution in [2.24, 2.45) is 0 Å². The number of hydrogen-bond acceptors (Lipinski definition) is 4. The molecule has 0 radical (unpaired) electrons. The maximum atomic E-state index is 13.0. The van der Waals surface area contributed by atoms with Gasteiger partial charge >= 0.3 is 0 Å². The van der Waals surface area contributed by atoms with Crippen molar-refractivity contribution in [3.05, 3.63) is 45.8 Å². The molecular formula is C13H9F2N3OS. The average molecular weight is 293 g/mol. The molecule has 0 fully saturated rings. The molecule has 2 aromatic rings. The Morgan fingerprint density at radius 3 is 2.65 bits per heavy atom. The van der Waals surface area contributed by atoms with Crippen molar-refractivity contribution in [3.8, 4) is 6.07 Å². The lowest BCUT2D eigenvalue weighted by Gasteiger charge is -2.04. The van der Waals surface area contributed by atoms with Gasteiger partial charge in [0.15, 0.2) is 11.6 Å². The van der Waals surface area contributed by atoms with Crippen LogP contribution >= 0.6 is 11.3 Å². The summed E-state index contributed by atoms with van der Waals surface area (Å²) in [6.07, 6.45) is 0. The lowest BCUT2D eigenvalue weighted by molar-refractivity contribution is 0.103. The van der Waals surface area contributed by atoms with Crippen molar-refractivity contribution in [2.45, 2.75) is 6.92 Å². The number of nitriles is 1. The molecule has 4 nitrogen and oxygen atoms in total. The fraction of sp³-hybridized carbons (Fsp3) is 0.0769. The number of nitrogens with one attached hydrogen (secondary N) is 1. The summed E-state index contributed by atoms with van der Waals surface area (Å²) < 4.78 is 25.8. The first-order chi connectivity index (χ1) is 9.43. The molecule has 1 amide bonds. The molecule has 0 saturated carbocycles. The number of carbonyl (C=O) groups excluding carboxylic acids is 1. The molecule has 1 aromatic carbocycles. The molecule has 20 heavy (non-hydrogen) atoms. The van der Waals surface area contributed by atoms with Crippen LogP contribution in [0, 0.1) is 29.9 Å². The molecule has 2 rings (SSSR count). The van der Waals surface area contributed by atoms with Gasteiger partial charge in [-0.3, -0.25) is 4.79 Å². The third-order valence-electron chi connectivity index (χ3n) is 2.67. The van der Waals surface area contributed by atoms with Crippen molar-refractivity contribution in [3.63, 3.8) is 0 Å². The Kier molecular flexibility index (Phi) is 3.68. The van der Waals surface area contributed by atoms with Crippen molar-refractivity contribution >= 4 is 27.9 Å². The van der Waals surface area contributed by atoms with Crippen molar-refractivity contribution in [2.75, 3.05) is 11.1 Å². The maximum absolute atomic E-state index is 13.0. The molecule has 0 aliphatic carbocycles. The predicted molar refractivity (Wildman–Crippen MR) is 72.5 cm³/mol. The Bertz CT molecular complexity index is 734. The number of carbonyl (C=O) groups is 1. The number of halogens is 2. The molecule has 3 N–H and O–H groups in total. The Morgan fingerprint density at radius 1 is 1.40 bits per heavy atom. The second-order valence-electron chi connectivity index (χ2n) is 3.99. The third-order valence-corrected chi connectivity index (χ3v) is 3.79. The van der Waals surface area contributed by atoms with Crippen molar-refractivity contribution in [1.29, 1.82) is 5.26 Å². The van der Waals surface area contributed by atoms with Gasteiger partial charge in [0.1, 0.15) is 11.1 Å². The van der Waals surface area contributed by atoms with Gasteiger partial charge in [0, 0.05) is 11.8 Å². The second kappa shape index (κ2) is 5.27. The predicted octanol–water partition coefficient (Wildman–Crippen LogP) is 3.04. The van der Waals surface area contributed by atoms with Gasteiger partial charge in [0.05, 0.1) is 10.4 Å². The largest absolute Gasteiger partial charge is 0.389 e. The number of thiophene rings is 1. The molecule has 0 spiro atoms. The lowest BCUT2D eigenvalue weighted by atomic mass is 10.1. The topological polar surface area (TPSA) is 78.9 Å². The maximum Gasteiger partial charge on any atom is 0.266 e. The minimum atomic E-state index is -1.05. The van der Waals surface area contributed by atoms with Gasteiger partial charge in [-0.25, -0.2) is 8.78 Å². The number of anilines is 2. The van der Waals surface area contributed by atoms with Crippen LogP contribution in [-0.4, -0.2) is 5.91 Å². The quantitative estimate of drug-likeness (QED) is 0.893. The van der Waals surface area contributed by atoms with E-state index >= 15 is 0 Å². The number of hydrogen-bond donors (Lipinski definition) is 2. The highest BCUT2D eigenvalue weighted by atomic mass is 32.1. The monoisotopic (exact) mass is 293 g/mol. The van der Waals surface area contributed by atoms with E-state index in [-0.39, 0.29) is 21.1 Å². The van der Waals surface area contributed by atoms with Gasteiger partial charge in [-0.15, -0.1) is 11.3 Å². The number of rotatable bonds is 2. The van der Waals surface area contributed by atoms with Crippen LogP contribution in [0.4, 0.5) is 19.5 Å². The molecule has 0 unspecified atom stereocenters. The fourth-order valence-electron chi connectivity index (χ4n) is 1.65. The first-order valence-corrected chi connectivity index (χ1v) is 6.31. The number of nitrogens with two attached hydrogens (primary N) is 1. The van der Waals surface area contributed by atoms with Crippen LogP contribution in [0.3, 0.4) is 0 Å². The summed E-state index contributed by atoms with van der Waals surface area (Å²) in [6, 6.07) is 4.96. The van der Waals surface area contributed by atoms with E-state index in [1.54, 1.807) is 6.92 Å². The molecule has 0 aliphatic rings. The van der Waals surface area contributed by atoms with Gasteiger partial charge < -0.3 is 11.1 Å². The zero-order valence-electron chi connectivity index (χ0n) is 10.3. The van der Waals surface area contributed by atoms with Crippen molar-refractivity contribution < 1.29 is 13.6 Å². The zero-order valence-corrected chi connectivity index (χ0v) is 11.1. The Labute approximate surface area is 117 Å². The molecule has 0 aliphatic heterocycles. The number of benzene rings is 1. The standard InChI is InChI=1S/C13H9F2N3OS/c1-6-8(5-16)12(17)20-11(6)13(19)18-7-2-3-9(14)10(15)4-7/h2-4H,17H2,1H3,(H,18,19). The van der Waals surface area contributed by atoms with Crippen LogP contribution in [0.5, 0.6) is 0 Å². The molecule has 1 heterocycles. The van der Waals surface area contributed by atoms with Crippen LogP contribution in [0.25, 0.3) is 0 Å². The summed E-state index contributed by atoms with van der Waals surface area (Å²) in [6.45, 7) is 1.60. The summed E-state index contributed by atoms with van der Waals surface area (Å²) in [7, 11) is 0. The van der Waals surface area contributed by atoms with E-state index < -0.39 is 17.5 Å². The second-order valence-corrected chi connectivity index (χ2v) is 5.04. The SMILES string of the molecule is Cc1c(C(=O)Nc2ccc(F)c(F)c2)sc(N)c1C#N. The first kappa shape index (κ1) is 14.0. The van der Waals surface area contributed by atoms with Gasteiger partial charge in [-0.1, -0.05) is 0 Å². The minimum Gasteiger partial charge on any atom is -0.389 e. The summed E-state index contributed by atoms with van der Waals surface area (Å²) in [4.78, 5) is 12.3. The molecule has 1 aromatic heterocycles. The third kappa shape index (κ3) is 2.46. The van der Waals surface area contributed by atoms with Crippen LogP contribution < -0.4 is 11.1 Å². The van der Waals surface area contributed by atoms with E-state index in [1.165, 1.54) is 6.07 Å². The molecular weight excluding hydrogens is 284 g/mol. The van der Waals surface area contributed by atoms with Crippen LogP contribution in [0.15, 0.2) is 18.2 Å². The van der Waals surface area contributed by atoms with E-state index in [4.69, 9.17) is 11.0 Å². The molecule has 102 valence electrons. The highest BCUT2D eigenvalue weighted by Crippen LogP contribution is 2.30. The van der Waals surface area contributed by atoms with Gasteiger partial charge in [-0.2, -0.15) is 5.26 Å². The van der Waals surface area contributed by atoms with Crippen LogP contribution in [0.1, 0.15) is 20.8 Å². The van der Waals surface area contributed by atoms with Gasteiger partial charge in [-0.05, 0) is 24.6 Å². The summed E-state index contributed by atoms with van der Waals surface area (Å²) in [5.74, 6) is -2.57. The molecule has 0 atom stereocenters. The Balaban J connectivity index is 2.29. The Hall–Kier alpha value is -2.46. The fourth-order valence-corrected chi connectivity index (χ4v) is 2.57. The number of nitrogens with zero attached hydrogens (tertiary/aromatic N) is 1. The molecule has 0 bridgehead atoms. The minimum absolute atomic E-state index is 0.124. The normalized spacial score (nSPS) is 10.1. The first-order valence-electron chi connectivity index (χ1n) is 5.49. The smallest absolute Gasteiger partial charge is 0.266 e. The number of nitrogen functional groups attached to an aromatic ring is 1.